The van der Waals surface area contributed by atoms with Crippen molar-refractivity contribution in [2.45, 2.75) is 45.3 Å². The van der Waals surface area contributed by atoms with Crippen LogP contribution in [0.3, 0.4) is 0 Å². The molecule has 4 heteroatoms. The molecule has 3 rings (SSSR count). The summed E-state index contributed by atoms with van der Waals surface area (Å²) in [6.07, 6.45) is 3.50. The first-order valence-corrected chi connectivity index (χ1v) is 7.03. The van der Waals surface area contributed by atoms with Crippen LogP contribution in [-0.4, -0.2) is 54.2 Å². The van der Waals surface area contributed by atoms with Crippen molar-refractivity contribution in [3.05, 3.63) is 11.1 Å². The van der Waals surface area contributed by atoms with Gasteiger partial charge in [0.05, 0.1) is 18.8 Å². The summed E-state index contributed by atoms with van der Waals surface area (Å²) in [6, 6.07) is 0.555. The molecule has 0 unspecified atom stereocenters. The van der Waals surface area contributed by atoms with E-state index in [1.165, 1.54) is 11.1 Å². The van der Waals surface area contributed by atoms with Crippen molar-refractivity contribution in [3.63, 3.8) is 0 Å². The standard InChI is InChI=1S/C14H22N2O2/c1-3-11-4-5-15(7-10(11)2)14(17)16-8-13-6-12(16)9-18-13/h12-13H,3-9H2,1-2H3/t12-,13-/m0/s1. The van der Waals surface area contributed by atoms with Crippen molar-refractivity contribution in [2.24, 2.45) is 0 Å². The van der Waals surface area contributed by atoms with Gasteiger partial charge in [0.1, 0.15) is 0 Å². The van der Waals surface area contributed by atoms with Crippen LogP contribution in [0, 0.1) is 0 Å². The maximum absolute atomic E-state index is 12.5. The summed E-state index contributed by atoms with van der Waals surface area (Å²) in [5, 5.41) is 0. The number of ether oxygens (including phenoxy) is 1. The number of fused-ring (bicyclic) bond motifs is 2. The molecule has 3 aliphatic heterocycles. The zero-order valence-corrected chi connectivity index (χ0v) is 11.3. The molecule has 4 nitrogen and oxygen atoms in total. The van der Waals surface area contributed by atoms with Crippen molar-refractivity contribution in [3.8, 4) is 0 Å². The lowest BCUT2D eigenvalue weighted by Crippen LogP contribution is -2.50. The molecule has 0 aromatic heterocycles. The third-order valence-corrected chi connectivity index (χ3v) is 4.56. The van der Waals surface area contributed by atoms with Crippen molar-refractivity contribution in [1.29, 1.82) is 0 Å². The van der Waals surface area contributed by atoms with E-state index in [0.29, 0.717) is 12.1 Å². The lowest BCUT2D eigenvalue weighted by Gasteiger charge is -2.36. The van der Waals surface area contributed by atoms with Crippen molar-refractivity contribution in [2.75, 3.05) is 26.2 Å². The number of amides is 2. The Balaban J connectivity index is 1.66. The van der Waals surface area contributed by atoms with E-state index in [0.717, 1.165) is 45.5 Å². The molecule has 3 aliphatic rings. The summed E-state index contributed by atoms with van der Waals surface area (Å²) < 4.78 is 5.55. The molecule has 2 saturated heterocycles. The molecule has 0 aromatic carbocycles. The normalized spacial score (nSPS) is 31.4. The highest BCUT2D eigenvalue weighted by Gasteiger charge is 2.43. The molecule has 100 valence electrons. The van der Waals surface area contributed by atoms with E-state index in [9.17, 15) is 4.79 Å². The lowest BCUT2D eigenvalue weighted by molar-refractivity contribution is 0.0366. The number of carbonyl (C=O) groups is 1. The molecule has 3 heterocycles. The van der Waals surface area contributed by atoms with Crippen molar-refractivity contribution >= 4 is 6.03 Å². The van der Waals surface area contributed by atoms with Crippen molar-refractivity contribution in [1.82, 2.24) is 9.80 Å². The summed E-state index contributed by atoms with van der Waals surface area (Å²) in [5.41, 5.74) is 2.92. The topological polar surface area (TPSA) is 32.8 Å². The first-order chi connectivity index (χ1) is 8.69. The van der Waals surface area contributed by atoms with Crippen LogP contribution in [-0.2, 0) is 4.74 Å². The fourth-order valence-corrected chi connectivity index (χ4v) is 3.42. The number of morpholine rings is 1. The van der Waals surface area contributed by atoms with Gasteiger partial charge in [0, 0.05) is 19.6 Å². The van der Waals surface area contributed by atoms with Crippen LogP contribution in [0.4, 0.5) is 4.79 Å². The summed E-state index contributed by atoms with van der Waals surface area (Å²) in [4.78, 5) is 16.5. The largest absolute Gasteiger partial charge is 0.374 e. The molecule has 0 aliphatic carbocycles. The number of likely N-dealkylation sites (tertiary alicyclic amines) is 1. The smallest absolute Gasteiger partial charge is 0.320 e. The molecule has 0 radical (unpaired) electrons. The Morgan fingerprint density at radius 1 is 1.50 bits per heavy atom. The SMILES string of the molecule is CCC1=C(C)CN(C(=O)N2C[C@@H]3C[C@H]2CO3)CC1. The van der Waals surface area contributed by atoms with Gasteiger partial charge in [-0.2, -0.15) is 0 Å². The van der Waals surface area contributed by atoms with Gasteiger partial charge in [-0.25, -0.2) is 4.79 Å². The molecule has 2 bridgehead atoms. The highest BCUT2D eigenvalue weighted by Crippen LogP contribution is 2.30. The van der Waals surface area contributed by atoms with Gasteiger partial charge in [0.2, 0.25) is 0 Å². The van der Waals surface area contributed by atoms with Crippen LogP contribution in [0.15, 0.2) is 11.1 Å². The van der Waals surface area contributed by atoms with E-state index in [-0.39, 0.29) is 6.03 Å². The van der Waals surface area contributed by atoms with Gasteiger partial charge < -0.3 is 14.5 Å². The molecule has 2 atom stereocenters. The van der Waals surface area contributed by atoms with E-state index < -0.39 is 0 Å². The third kappa shape index (κ3) is 1.92. The Morgan fingerprint density at radius 3 is 2.89 bits per heavy atom. The second-order valence-corrected chi connectivity index (χ2v) is 5.69. The fourth-order valence-electron chi connectivity index (χ4n) is 3.42. The summed E-state index contributed by atoms with van der Waals surface area (Å²) in [7, 11) is 0. The Hall–Kier alpha value is -1.03. The second-order valence-electron chi connectivity index (χ2n) is 5.69. The zero-order chi connectivity index (χ0) is 12.7. The molecular formula is C14H22N2O2. The fraction of sp³-hybridized carbons (Fsp3) is 0.786. The van der Waals surface area contributed by atoms with E-state index in [1.54, 1.807) is 0 Å². The van der Waals surface area contributed by atoms with Crippen LogP contribution >= 0.6 is 0 Å². The van der Waals surface area contributed by atoms with Crippen LogP contribution in [0.5, 0.6) is 0 Å². The molecule has 0 spiro atoms. The molecule has 2 amide bonds. The highest BCUT2D eigenvalue weighted by molar-refractivity contribution is 5.76. The molecule has 0 aromatic rings. The Labute approximate surface area is 109 Å². The minimum atomic E-state index is 0.223. The number of nitrogens with zero attached hydrogens (tertiary/aromatic N) is 2. The zero-order valence-electron chi connectivity index (χ0n) is 11.3. The van der Waals surface area contributed by atoms with Gasteiger partial charge >= 0.3 is 6.03 Å². The number of hydrogen-bond donors (Lipinski definition) is 0. The summed E-state index contributed by atoms with van der Waals surface area (Å²) >= 11 is 0. The molecular weight excluding hydrogens is 228 g/mol. The molecule has 2 fully saturated rings. The van der Waals surface area contributed by atoms with E-state index >= 15 is 0 Å². The predicted octanol–water partition coefficient (Wildman–Crippen LogP) is 2.01. The van der Waals surface area contributed by atoms with Gasteiger partial charge in [-0.1, -0.05) is 18.1 Å². The Bertz CT molecular complexity index is 391. The second kappa shape index (κ2) is 4.57. The highest BCUT2D eigenvalue weighted by atomic mass is 16.5. The van der Waals surface area contributed by atoms with E-state index in [4.69, 9.17) is 4.74 Å². The van der Waals surface area contributed by atoms with Crippen LogP contribution in [0.1, 0.15) is 33.1 Å². The van der Waals surface area contributed by atoms with Gasteiger partial charge in [0.25, 0.3) is 0 Å². The lowest BCUT2D eigenvalue weighted by atomic mass is 9.99. The van der Waals surface area contributed by atoms with E-state index in [1.807, 2.05) is 9.80 Å². The summed E-state index contributed by atoms with van der Waals surface area (Å²) in [5.74, 6) is 0. The maximum atomic E-state index is 12.5. The average Bonchev–Trinajstić information content (AvgIpc) is 3.00. The molecule has 0 N–H and O–H groups in total. The minimum absolute atomic E-state index is 0.223. The van der Waals surface area contributed by atoms with Gasteiger partial charge in [-0.15, -0.1) is 0 Å². The number of urea groups is 1. The minimum Gasteiger partial charge on any atom is -0.374 e. The average molecular weight is 250 g/mol. The number of rotatable bonds is 1. The predicted molar refractivity (Wildman–Crippen MR) is 69.4 cm³/mol. The van der Waals surface area contributed by atoms with Gasteiger partial charge in [-0.3, -0.25) is 0 Å². The maximum Gasteiger partial charge on any atom is 0.320 e. The monoisotopic (exact) mass is 250 g/mol. The van der Waals surface area contributed by atoms with Gasteiger partial charge in [0.15, 0.2) is 0 Å². The molecule has 0 saturated carbocycles. The van der Waals surface area contributed by atoms with Crippen molar-refractivity contribution < 1.29 is 9.53 Å². The Kier molecular flexibility index (Phi) is 3.06. The first kappa shape index (κ1) is 12.0. The third-order valence-electron chi connectivity index (χ3n) is 4.56. The number of hydrogen-bond acceptors (Lipinski definition) is 2. The van der Waals surface area contributed by atoms with E-state index in [2.05, 4.69) is 13.8 Å². The van der Waals surface area contributed by atoms with Crippen LogP contribution < -0.4 is 0 Å². The molecule has 18 heavy (non-hydrogen) atoms. The Morgan fingerprint density at radius 2 is 2.33 bits per heavy atom. The first-order valence-electron chi connectivity index (χ1n) is 7.03. The quantitative estimate of drug-likeness (QED) is 0.667. The van der Waals surface area contributed by atoms with Crippen LogP contribution in [0.25, 0.3) is 0 Å². The number of carbonyl (C=O) groups excluding carboxylic acids is 1. The van der Waals surface area contributed by atoms with Gasteiger partial charge in [-0.05, 0) is 26.2 Å². The van der Waals surface area contributed by atoms with Crippen LogP contribution in [0.2, 0.25) is 0 Å². The summed E-state index contributed by atoms with van der Waals surface area (Å²) in [6.45, 7) is 7.60.